The molecule has 18 heavy (non-hydrogen) atoms. The third-order valence-corrected chi connectivity index (χ3v) is 2.60. The lowest BCUT2D eigenvalue weighted by Crippen LogP contribution is -2.32. The van der Waals surface area contributed by atoms with E-state index >= 15 is 0 Å². The fraction of sp³-hybridized carbons (Fsp3) is 0.385. The maximum Gasteiger partial charge on any atom is 0.307 e. The van der Waals surface area contributed by atoms with Crippen LogP contribution in [-0.2, 0) is 9.53 Å². The first-order valence-electron chi connectivity index (χ1n) is 5.73. The molecule has 1 N–H and O–H groups in total. The zero-order chi connectivity index (χ0) is 13.5. The molecule has 0 saturated carbocycles. The first-order chi connectivity index (χ1) is 8.58. The highest BCUT2D eigenvalue weighted by Gasteiger charge is 2.15. The van der Waals surface area contributed by atoms with Gasteiger partial charge in [-0.25, -0.2) is 0 Å². The van der Waals surface area contributed by atoms with E-state index in [9.17, 15) is 9.59 Å². The van der Waals surface area contributed by atoms with E-state index < -0.39 is 0 Å². The Labute approximate surface area is 106 Å². The number of carbonyl (C=O) groups excluding carboxylic acids is 2. The molecule has 0 radical (unpaired) electrons. The van der Waals surface area contributed by atoms with Gasteiger partial charge in [-0.3, -0.25) is 9.59 Å². The van der Waals surface area contributed by atoms with Gasteiger partial charge in [-0.05, 0) is 31.2 Å². The Balaban J connectivity index is 2.67. The number of ether oxygens (including phenoxy) is 1. The number of nitrogens with zero attached hydrogens (tertiary/aromatic N) is 1. The summed E-state index contributed by atoms with van der Waals surface area (Å²) in [5, 5.41) is 9.16. The van der Waals surface area contributed by atoms with Crippen LogP contribution >= 0.6 is 0 Å². The second-order valence-corrected chi connectivity index (χ2v) is 3.76. The lowest BCUT2D eigenvalue weighted by atomic mass is 10.2. The summed E-state index contributed by atoms with van der Waals surface area (Å²) in [5.74, 6) is -0.391. The molecule has 1 aromatic carbocycles. The summed E-state index contributed by atoms with van der Waals surface area (Å²) < 4.78 is 4.54. The van der Waals surface area contributed by atoms with E-state index in [1.54, 1.807) is 17.0 Å². The molecule has 1 aromatic rings. The van der Waals surface area contributed by atoms with Crippen LogP contribution in [0.15, 0.2) is 24.3 Å². The van der Waals surface area contributed by atoms with E-state index in [-0.39, 0.29) is 24.0 Å². The first-order valence-corrected chi connectivity index (χ1v) is 5.73. The molecule has 0 atom stereocenters. The largest absolute Gasteiger partial charge is 0.508 e. The van der Waals surface area contributed by atoms with E-state index in [1.165, 1.54) is 19.2 Å². The van der Waals surface area contributed by atoms with Gasteiger partial charge in [0.1, 0.15) is 5.75 Å². The minimum Gasteiger partial charge on any atom is -0.508 e. The van der Waals surface area contributed by atoms with Crippen LogP contribution in [0, 0.1) is 0 Å². The zero-order valence-electron chi connectivity index (χ0n) is 10.5. The Kier molecular flexibility index (Phi) is 5.17. The van der Waals surface area contributed by atoms with Crippen molar-refractivity contribution in [3.05, 3.63) is 29.8 Å². The zero-order valence-corrected chi connectivity index (χ0v) is 10.5. The van der Waals surface area contributed by atoms with Crippen LogP contribution in [0.5, 0.6) is 5.75 Å². The quantitative estimate of drug-likeness (QED) is 0.804. The van der Waals surface area contributed by atoms with Crippen molar-refractivity contribution in [2.24, 2.45) is 0 Å². The van der Waals surface area contributed by atoms with Crippen LogP contribution in [0.1, 0.15) is 23.7 Å². The van der Waals surface area contributed by atoms with Crippen molar-refractivity contribution < 1.29 is 19.4 Å². The van der Waals surface area contributed by atoms with Crippen LogP contribution in [0.4, 0.5) is 0 Å². The fourth-order valence-electron chi connectivity index (χ4n) is 1.52. The minimum atomic E-state index is -0.341. The molecule has 0 spiro atoms. The number of hydrogen-bond donors (Lipinski definition) is 1. The first kappa shape index (κ1) is 14.0. The molecule has 0 unspecified atom stereocenters. The standard InChI is InChI=1S/C13H17NO4/c1-3-14(9-8-12(16)18-2)13(17)10-4-6-11(15)7-5-10/h4-7,15H,3,8-9H2,1-2H3. The van der Waals surface area contributed by atoms with Crippen molar-refractivity contribution in [3.63, 3.8) is 0 Å². The molecule has 0 aliphatic carbocycles. The summed E-state index contributed by atoms with van der Waals surface area (Å²) in [6.45, 7) is 2.68. The molecule has 98 valence electrons. The van der Waals surface area contributed by atoms with Gasteiger partial charge in [0, 0.05) is 18.7 Å². The molecule has 0 aliphatic heterocycles. The van der Waals surface area contributed by atoms with Crippen molar-refractivity contribution in [3.8, 4) is 5.75 Å². The second kappa shape index (κ2) is 6.64. The molecule has 0 aromatic heterocycles. The number of benzene rings is 1. The van der Waals surface area contributed by atoms with E-state index in [4.69, 9.17) is 5.11 Å². The van der Waals surface area contributed by atoms with Crippen LogP contribution < -0.4 is 0 Å². The van der Waals surface area contributed by atoms with Gasteiger partial charge in [0.15, 0.2) is 0 Å². The highest BCUT2D eigenvalue weighted by molar-refractivity contribution is 5.94. The molecule has 1 amide bonds. The summed E-state index contributed by atoms with van der Waals surface area (Å²) in [6, 6.07) is 6.03. The Morgan fingerprint density at radius 3 is 2.39 bits per heavy atom. The summed E-state index contributed by atoms with van der Waals surface area (Å²) in [4.78, 5) is 24.7. The maximum atomic E-state index is 12.1. The van der Waals surface area contributed by atoms with Gasteiger partial charge < -0.3 is 14.7 Å². The fourth-order valence-corrected chi connectivity index (χ4v) is 1.52. The van der Waals surface area contributed by atoms with Crippen LogP contribution in [0.25, 0.3) is 0 Å². The highest BCUT2D eigenvalue weighted by Crippen LogP contribution is 2.12. The molecule has 5 heteroatoms. The van der Waals surface area contributed by atoms with Gasteiger partial charge in [-0.1, -0.05) is 0 Å². The molecule has 5 nitrogen and oxygen atoms in total. The minimum absolute atomic E-state index is 0.115. The van der Waals surface area contributed by atoms with Crippen LogP contribution in [0.3, 0.4) is 0 Å². The molecule has 0 fully saturated rings. The van der Waals surface area contributed by atoms with E-state index in [1.807, 2.05) is 6.92 Å². The summed E-state index contributed by atoms with van der Waals surface area (Å²) in [6.07, 6.45) is 0.175. The van der Waals surface area contributed by atoms with Gasteiger partial charge in [0.05, 0.1) is 13.5 Å². The average molecular weight is 251 g/mol. The summed E-state index contributed by atoms with van der Waals surface area (Å²) >= 11 is 0. The van der Waals surface area contributed by atoms with E-state index in [0.29, 0.717) is 18.7 Å². The van der Waals surface area contributed by atoms with Crippen LogP contribution in [-0.4, -0.2) is 42.1 Å². The monoisotopic (exact) mass is 251 g/mol. The Hall–Kier alpha value is -2.04. The Morgan fingerprint density at radius 1 is 1.28 bits per heavy atom. The number of phenols is 1. The number of methoxy groups -OCH3 is 1. The lowest BCUT2D eigenvalue weighted by Gasteiger charge is -2.20. The number of carbonyl (C=O) groups is 2. The molecular formula is C13H17NO4. The van der Waals surface area contributed by atoms with Gasteiger partial charge in [0.2, 0.25) is 0 Å². The smallest absolute Gasteiger partial charge is 0.307 e. The molecule has 0 aliphatic rings. The van der Waals surface area contributed by atoms with Crippen molar-refractivity contribution in [1.29, 1.82) is 0 Å². The third kappa shape index (κ3) is 3.76. The number of phenolic OH excluding ortho intramolecular Hbond substituents is 1. The highest BCUT2D eigenvalue weighted by atomic mass is 16.5. The summed E-state index contributed by atoms with van der Waals surface area (Å²) in [7, 11) is 1.32. The molecule has 1 rings (SSSR count). The number of esters is 1. The SMILES string of the molecule is CCN(CCC(=O)OC)C(=O)c1ccc(O)cc1. The molecule has 0 heterocycles. The van der Waals surface area contributed by atoms with E-state index in [2.05, 4.69) is 4.74 Å². The van der Waals surface area contributed by atoms with Crippen molar-refractivity contribution >= 4 is 11.9 Å². The maximum absolute atomic E-state index is 12.1. The average Bonchev–Trinajstić information content (AvgIpc) is 2.39. The second-order valence-electron chi connectivity index (χ2n) is 3.76. The topological polar surface area (TPSA) is 66.8 Å². The summed E-state index contributed by atoms with van der Waals surface area (Å²) in [5.41, 5.74) is 0.486. The van der Waals surface area contributed by atoms with Crippen molar-refractivity contribution in [1.82, 2.24) is 4.90 Å². The molecular weight excluding hydrogens is 234 g/mol. The lowest BCUT2D eigenvalue weighted by molar-refractivity contribution is -0.140. The van der Waals surface area contributed by atoms with Gasteiger partial charge in [-0.15, -0.1) is 0 Å². The van der Waals surface area contributed by atoms with Crippen LogP contribution in [0.2, 0.25) is 0 Å². The van der Waals surface area contributed by atoms with Gasteiger partial charge >= 0.3 is 5.97 Å². The Bertz CT molecular complexity index is 414. The van der Waals surface area contributed by atoms with Gasteiger partial charge in [0.25, 0.3) is 5.91 Å². The van der Waals surface area contributed by atoms with Crippen molar-refractivity contribution in [2.45, 2.75) is 13.3 Å². The molecule has 0 saturated heterocycles. The van der Waals surface area contributed by atoms with E-state index in [0.717, 1.165) is 0 Å². The molecule has 0 bridgehead atoms. The Morgan fingerprint density at radius 2 is 1.89 bits per heavy atom. The number of aromatic hydroxyl groups is 1. The number of amides is 1. The van der Waals surface area contributed by atoms with Crippen molar-refractivity contribution in [2.75, 3.05) is 20.2 Å². The number of hydrogen-bond acceptors (Lipinski definition) is 4. The predicted octanol–water partition coefficient (Wildman–Crippen LogP) is 1.42. The normalized spacial score (nSPS) is 9.89. The third-order valence-electron chi connectivity index (χ3n) is 2.60. The number of rotatable bonds is 5. The predicted molar refractivity (Wildman–Crippen MR) is 66.3 cm³/mol. The van der Waals surface area contributed by atoms with Gasteiger partial charge in [-0.2, -0.15) is 0 Å².